The Bertz CT molecular complexity index is 1160. The van der Waals surface area contributed by atoms with Crippen LogP contribution in [0.15, 0.2) is 89.5 Å². The largest absolute Gasteiger partial charge is 0.342 e. The van der Waals surface area contributed by atoms with Gasteiger partial charge < -0.3 is 9.42 Å². The van der Waals surface area contributed by atoms with E-state index in [1.165, 1.54) is 5.56 Å². The minimum atomic E-state index is -0.291. The van der Waals surface area contributed by atoms with Crippen LogP contribution < -0.4 is 0 Å². The van der Waals surface area contributed by atoms with E-state index < -0.39 is 0 Å². The Balaban J connectivity index is 1.29. The molecule has 0 bridgehead atoms. The molecular weight excluding hydrogens is 410 g/mol. The number of aromatic nitrogens is 2. The van der Waals surface area contributed by atoms with Crippen molar-refractivity contribution in [3.05, 3.63) is 108 Å². The molecule has 0 unspecified atom stereocenters. The molecule has 1 aliphatic rings. The number of hydrogen-bond acceptors (Lipinski definition) is 4. The Kier molecular flexibility index (Phi) is 6.03. The first-order valence-corrected chi connectivity index (χ1v) is 11.5. The fourth-order valence-electron chi connectivity index (χ4n) is 4.52. The highest BCUT2D eigenvalue weighted by Gasteiger charge is 2.32. The van der Waals surface area contributed by atoms with Crippen molar-refractivity contribution in [1.29, 1.82) is 0 Å². The Hall–Kier alpha value is -3.73. The van der Waals surface area contributed by atoms with Gasteiger partial charge in [-0.05, 0) is 30.9 Å². The second kappa shape index (κ2) is 9.41. The SMILES string of the molecule is Cc1ccc(-c2noc(C3CCN(C(=O)C(c4ccccc4)c4ccccc4)CC3)n2)cc1. The zero-order valence-electron chi connectivity index (χ0n) is 18.7. The van der Waals surface area contributed by atoms with Crippen LogP contribution in [0.4, 0.5) is 0 Å². The van der Waals surface area contributed by atoms with E-state index in [2.05, 4.69) is 17.1 Å². The molecule has 0 saturated carbocycles. The molecular formula is C28H27N3O2. The summed E-state index contributed by atoms with van der Waals surface area (Å²) < 4.78 is 5.61. The van der Waals surface area contributed by atoms with Gasteiger partial charge in [-0.2, -0.15) is 4.98 Å². The van der Waals surface area contributed by atoms with Gasteiger partial charge in [0.05, 0.1) is 5.92 Å². The third-order valence-electron chi connectivity index (χ3n) is 6.42. The monoisotopic (exact) mass is 437 g/mol. The van der Waals surface area contributed by atoms with E-state index in [9.17, 15) is 4.79 Å². The lowest BCUT2D eigenvalue weighted by Crippen LogP contribution is -2.41. The molecule has 2 heterocycles. The quantitative estimate of drug-likeness (QED) is 0.409. The Morgan fingerprint density at radius 2 is 1.45 bits per heavy atom. The highest BCUT2D eigenvalue weighted by atomic mass is 16.5. The number of hydrogen-bond donors (Lipinski definition) is 0. The summed E-state index contributed by atoms with van der Waals surface area (Å²) in [5.74, 6) is 1.32. The summed E-state index contributed by atoms with van der Waals surface area (Å²) >= 11 is 0. The third-order valence-corrected chi connectivity index (χ3v) is 6.42. The summed E-state index contributed by atoms with van der Waals surface area (Å²) in [5, 5.41) is 4.19. The molecule has 5 nitrogen and oxygen atoms in total. The van der Waals surface area contributed by atoms with Gasteiger partial charge in [0.15, 0.2) is 0 Å². The zero-order chi connectivity index (χ0) is 22.6. The number of likely N-dealkylation sites (tertiary alicyclic amines) is 1. The number of rotatable bonds is 5. The lowest BCUT2D eigenvalue weighted by Gasteiger charge is -2.33. The van der Waals surface area contributed by atoms with Crippen molar-refractivity contribution in [3.63, 3.8) is 0 Å². The van der Waals surface area contributed by atoms with Crippen LogP contribution in [0.5, 0.6) is 0 Å². The van der Waals surface area contributed by atoms with Crippen LogP contribution in [-0.4, -0.2) is 34.0 Å². The first kappa shape index (κ1) is 21.1. The van der Waals surface area contributed by atoms with E-state index in [0.717, 1.165) is 29.5 Å². The number of carbonyl (C=O) groups is 1. The second-order valence-electron chi connectivity index (χ2n) is 8.68. The Morgan fingerprint density at radius 1 is 0.879 bits per heavy atom. The first-order valence-electron chi connectivity index (χ1n) is 11.5. The van der Waals surface area contributed by atoms with Gasteiger partial charge in [0.25, 0.3) is 0 Å². The van der Waals surface area contributed by atoms with Crippen LogP contribution >= 0.6 is 0 Å². The molecule has 1 aliphatic heterocycles. The van der Waals surface area contributed by atoms with Crippen molar-refractivity contribution in [2.24, 2.45) is 0 Å². The fraction of sp³-hybridized carbons (Fsp3) is 0.250. The van der Waals surface area contributed by atoms with Gasteiger partial charge in [0, 0.05) is 24.6 Å². The Labute approximate surface area is 194 Å². The zero-order valence-corrected chi connectivity index (χ0v) is 18.7. The normalized spacial score (nSPS) is 14.5. The van der Waals surface area contributed by atoms with Crippen molar-refractivity contribution in [3.8, 4) is 11.4 Å². The minimum absolute atomic E-state index is 0.150. The van der Waals surface area contributed by atoms with Gasteiger partial charge in [0.2, 0.25) is 17.6 Å². The average molecular weight is 438 g/mol. The summed E-state index contributed by atoms with van der Waals surface area (Å²) in [4.78, 5) is 20.3. The van der Waals surface area contributed by atoms with Crippen LogP contribution in [0.1, 0.15) is 47.3 Å². The van der Waals surface area contributed by atoms with Crippen molar-refractivity contribution >= 4 is 5.91 Å². The number of benzene rings is 3. The van der Waals surface area contributed by atoms with Crippen LogP contribution in [0.2, 0.25) is 0 Å². The van der Waals surface area contributed by atoms with Gasteiger partial charge in [-0.1, -0.05) is 95.6 Å². The fourth-order valence-corrected chi connectivity index (χ4v) is 4.52. The van der Waals surface area contributed by atoms with Crippen molar-refractivity contribution in [1.82, 2.24) is 15.0 Å². The van der Waals surface area contributed by atoms with Crippen LogP contribution in [0.3, 0.4) is 0 Å². The van der Waals surface area contributed by atoms with Gasteiger partial charge in [-0.15, -0.1) is 0 Å². The molecule has 1 fully saturated rings. The molecule has 0 spiro atoms. The molecule has 0 aliphatic carbocycles. The summed E-state index contributed by atoms with van der Waals surface area (Å²) in [7, 11) is 0. The molecule has 5 rings (SSSR count). The minimum Gasteiger partial charge on any atom is -0.342 e. The maximum Gasteiger partial charge on any atom is 0.234 e. The number of nitrogens with zero attached hydrogens (tertiary/aromatic N) is 3. The summed E-state index contributed by atoms with van der Waals surface area (Å²) in [6, 6.07) is 28.2. The van der Waals surface area contributed by atoms with E-state index in [0.29, 0.717) is 24.8 Å². The van der Waals surface area contributed by atoms with Crippen LogP contribution in [0, 0.1) is 6.92 Å². The summed E-state index contributed by atoms with van der Waals surface area (Å²) in [6.45, 7) is 3.42. The number of carbonyl (C=O) groups excluding carboxylic acids is 1. The molecule has 1 saturated heterocycles. The molecule has 0 radical (unpaired) electrons. The van der Waals surface area contributed by atoms with Gasteiger partial charge in [-0.25, -0.2) is 0 Å². The maximum atomic E-state index is 13.6. The average Bonchev–Trinajstić information content (AvgIpc) is 3.36. The first-order chi connectivity index (χ1) is 16.2. The van der Waals surface area contributed by atoms with Crippen molar-refractivity contribution < 1.29 is 9.32 Å². The number of aryl methyl sites for hydroxylation is 1. The summed E-state index contributed by atoms with van der Waals surface area (Å²) in [6.07, 6.45) is 1.63. The lowest BCUT2D eigenvalue weighted by atomic mass is 9.88. The molecule has 1 amide bonds. The van der Waals surface area contributed by atoms with Crippen LogP contribution in [0.25, 0.3) is 11.4 Å². The smallest absolute Gasteiger partial charge is 0.234 e. The standard InChI is InChI=1S/C28H27N3O2/c1-20-12-14-23(15-13-20)26-29-27(33-30-26)24-16-18-31(19-17-24)28(32)25(21-8-4-2-5-9-21)22-10-6-3-7-11-22/h2-15,24-25H,16-19H2,1H3. The molecule has 5 heteroatoms. The number of amides is 1. The van der Waals surface area contributed by atoms with E-state index in [4.69, 9.17) is 4.52 Å². The lowest BCUT2D eigenvalue weighted by molar-refractivity contribution is -0.133. The van der Waals surface area contributed by atoms with Crippen molar-refractivity contribution in [2.75, 3.05) is 13.1 Å². The van der Waals surface area contributed by atoms with E-state index in [1.54, 1.807) is 0 Å². The summed E-state index contributed by atoms with van der Waals surface area (Å²) in [5.41, 5.74) is 4.20. The molecule has 4 aromatic rings. The predicted molar refractivity (Wildman–Crippen MR) is 128 cm³/mol. The maximum absolute atomic E-state index is 13.6. The predicted octanol–water partition coefficient (Wildman–Crippen LogP) is 5.58. The molecule has 33 heavy (non-hydrogen) atoms. The molecule has 0 atom stereocenters. The van der Waals surface area contributed by atoms with E-state index in [1.807, 2.05) is 89.8 Å². The van der Waals surface area contributed by atoms with Gasteiger partial charge >= 0.3 is 0 Å². The third kappa shape index (κ3) is 4.58. The topological polar surface area (TPSA) is 59.2 Å². The van der Waals surface area contributed by atoms with E-state index >= 15 is 0 Å². The van der Waals surface area contributed by atoms with Crippen molar-refractivity contribution in [2.45, 2.75) is 31.6 Å². The van der Waals surface area contributed by atoms with Gasteiger partial charge in [-0.3, -0.25) is 4.79 Å². The molecule has 0 N–H and O–H groups in total. The molecule has 166 valence electrons. The van der Waals surface area contributed by atoms with E-state index in [-0.39, 0.29) is 17.7 Å². The van der Waals surface area contributed by atoms with Crippen LogP contribution in [-0.2, 0) is 4.79 Å². The molecule has 1 aromatic heterocycles. The number of piperidine rings is 1. The molecule has 3 aromatic carbocycles. The van der Waals surface area contributed by atoms with Gasteiger partial charge in [0.1, 0.15) is 0 Å². The highest BCUT2D eigenvalue weighted by molar-refractivity contribution is 5.87. The Morgan fingerprint density at radius 3 is 2.03 bits per heavy atom. The second-order valence-corrected chi connectivity index (χ2v) is 8.68. The highest BCUT2D eigenvalue weighted by Crippen LogP contribution is 2.32.